The van der Waals surface area contributed by atoms with Gasteiger partial charge in [-0.1, -0.05) is 42.5 Å². The van der Waals surface area contributed by atoms with Crippen LogP contribution in [0.25, 0.3) is 0 Å². The Morgan fingerprint density at radius 2 is 1.59 bits per heavy atom. The van der Waals surface area contributed by atoms with Gasteiger partial charge in [-0.3, -0.25) is 9.10 Å². The standard InChI is InChI=1S/C24H25FN2O4S/c1-32(29,30)27(17-24(28)26-16-15-19-7-9-21(25)10-8-19)22-11-13-23(14-12-22)31-18-20-5-3-2-4-6-20/h2-14H,15-18H2,1H3,(H,26,28). The SMILES string of the molecule is CS(=O)(=O)N(CC(=O)NCCc1ccc(F)cc1)c1ccc(OCc2ccccc2)cc1. The first-order chi connectivity index (χ1) is 15.3. The Balaban J connectivity index is 1.57. The molecule has 0 atom stereocenters. The summed E-state index contributed by atoms with van der Waals surface area (Å²) < 4.78 is 44.3. The predicted octanol–water partition coefficient (Wildman–Crippen LogP) is 3.53. The van der Waals surface area contributed by atoms with Crippen LogP contribution in [0.2, 0.25) is 0 Å². The lowest BCUT2D eigenvalue weighted by atomic mass is 10.1. The van der Waals surface area contributed by atoms with Crippen LogP contribution < -0.4 is 14.4 Å². The Hall–Kier alpha value is -3.39. The van der Waals surface area contributed by atoms with E-state index >= 15 is 0 Å². The molecule has 0 fully saturated rings. The quantitative estimate of drug-likeness (QED) is 0.507. The molecule has 0 saturated carbocycles. The molecule has 3 aromatic carbocycles. The van der Waals surface area contributed by atoms with E-state index < -0.39 is 15.9 Å². The number of nitrogens with zero attached hydrogens (tertiary/aromatic N) is 1. The third-order valence-electron chi connectivity index (χ3n) is 4.71. The van der Waals surface area contributed by atoms with Crippen molar-refractivity contribution in [3.63, 3.8) is 0 Å². The van der Waals surface area contributed by atoms with E-state index in [1.54, 1.807) is 36.4 Å². The van der Waals surface area contributed by atoms with Gasteiger partial charge in [0.25, 0.3) is 0 Å². The molecule has 168 valence electrons. The molecule has 0 aliphatic carbocycles. The van der Waals surface area contributed by atoms with Crippen molar-refractivity contribution >= 4 is 21.6 Å². The first kappa shape index (κ1) is 23.3. The summed E-state index contributed by atoms with van der Waals surface area (Å²) in [6, 6.07) is 22.2. The molecule has 1 amide bonds. The fourth-order valence-electron chi connectivity index (χ4n) is 3.03. The van der Waals surface area contributed by atoms with Gasteiger partial charge >= 0.3 is 0 Å². The summed E-state index contributed by atoms with van der Waals surface area (Å²) in [4.78, 5) is 12.3. The summed E-state index contributed by atoms with van der Waals surface area (Å²) in [5, 5.41) is 2.70. The van der Waals surface area contributed by atoms with Crippen LogP contribution >= 0.6 is 0 Å². The Morgan fingerprint density at radius 1 is 0.938 bits per heavy atom. The van der Waals surface area contributed by atoms with Crippen molar-refractivity contribution in [1.82, 2.24) is 5.32 Å². The highest BCUT2D eigenvalue weighted by molar-refractivity contribution is 7.92. The van der Waals surface area contributed by atoms with Gasteiger partial charge in [-0.15, -0.1) is 0 Å². The fourth-order valence-corrected chi connectivity index (χ4v) is 3.89. The third kappa shape index (κ3) is 7.09. The molecule has 0 radical (unpaired) electrons. The van der Waals surface area contributed by atoms with E-state index in [1.807, 2.05) is 30.3 Å². The molecule has 0 bridgehead atoms. The number of carbonyl (C=O) groups is 1. The van der Waals surface area contributed by atoms with Crippen molar-refractivity contribution in [2.45, 2.75) is 13.0 Å². The number of halogens is 1. The van der Waals surface area contributed by atoms with Crippen LogP contribution in [0.4, 0.5) is 10.1 Å². The molecule has 6 nitrogen and oxygen atoms in total. The van der Waals surface area contributed by atoms with E-state index in [0.29, 0.717) is 31.0 Å². The molecule has 0 aromatic heterocycles. The van der Waals surface area contributed by atoms with Gasteiger partial charge in [-0.2, -0.15) is 0 Å². The molecule has 0 aliphatic rings. The van der Waals surface area contributed by atoms with Crippen LogP contribution in [0.5, 0.6) is 5.75 Å². The van der Waals surface area contributed by atoms with Gasteiger partial charge in [0.05, 0.1) is 11.9 Å². The number of sulfonamides is 1. The number of anilines is 1. The molecule has 3 rings (SSSR count). The average molecular weight is 457 g/mol. The zero-order valence-electron chi connectivity index (χ0n) is 17.7. The normalized spacial score (nSPS) is 11.1. The molecule has 0 saturated heterocycles. The van der Waals surface area contributed by atoms with Crippen LogP contribution in [-0.4, -0.2) is 33.7 Å². The first-order valence-corrected chi connectivity index (χ1v) is 11.9. The lowest BCUT2D eigenvalue weighted by Crippen LogP contribution is -2.40. The number of ether oxygens (including phenoxy) is 1. The van der Waals surface area contributed by atoms with Crippen LogP contribution in [0.15, 0.2) is 78.9 Å². The van der Waals surface area contributed by atoms with Crippen molar-refractivity contribution < 1.29 is 22.3 Å². The summed E-state index contributed by atoms with van der Waals surface area (Å²) in [5.41, 5.74) is 2.26. The van der Waals surface area contributed by atoms with Gasteiger partial charge in [-0.25, -0.2) is 12.8 Å². The van der Waals surface area contributed by atoms with E-state index in [-0.39, 0.29) is 12.4 Å². The third-order valence-corrected chi connectivity index (χ3v) is 5.85. The number of carbonyl (C=O) groups excluding carboxylic acids is 1. The Morgan fingerprint density at radius 3 is 2.22 bits per heavy atom. The zero-order valence-corrected chi connectivity index (χ0v) is 18.5. The van der Waals surface area contributed by atoms with Crippen molar-refractivity contribution in [1.29, 1.82) is 0 Å². The van der Waals surface area contributed by atoms with Crippen LogP contribution in [-0.2, 0) is 27.8 Å². The van der Waals surface area contributed by atoms with Crippen LogP contribution in [0, 0.1) is 5.82 Å². The number of rotatable bonds is 10. The van der Waals surface area contributed by atoms with Crippen molar-refractivity contribution in [2.24, 2.45) is 0 Å². The van der Waals surface area contributed by atoms with E-state index in [0.717, 1.165) is 21.7 Å². The van der Waals surface area contributed by atoms with Gasteiger partial charge in [0.1, 0.15) is 24.7 Å². The van der Waals surface area contributed by atoms with E-state index in [2.05, 4.69) is 5.32 Å². The lowest BCUT2D eigenvalue weighted by molar-refractivity contribution is -0.119. The van der Waals surface area contributed by atoms with Crippen LogP contribution in [0.3, 0.4) is 0 Å². The van der Waals surface area contributed by atoms with Crippen molar-refractivity contribution in [3.05, 3.63) is 95.8 Å². The van der Waals surface area contributed by atoms with Gasteiger partial charge in [0.2, 0.25) is 15.9 Å². The summed E-state index contributed by atoms with van der Waals surface area (Å²) in [6.07, 6.45) is 1.57. The average Bonchev–Trinajstić information content (AvgIpc) is 2.78. The largest absolute Gasteiger partial charge is 0.489 e. The lowest BCUT2D eigenvalue weighted by Gasteiger charge is -2.22. The Labute approximate surface area is 187 Å². The second kappa shape index (κ2) is 10.8. The molecular weight excluding hydrogens is 431 g/mol. The minimum Gasteiger partial charge on any atom is -0.489 e. The van der Waals surface area contributed by atoms with E-state index in [4.69, 9.17) is 4.74 Å². The zero-order chi connectivity index (χ0) is 23.0. The van der Waals surface area contributed by atoms with Gasteiger partial charge in [-0.05, 0) is 53.9 Å². The van der Waals surface area contributed by atoms with Gasteiger partial charge < -0.3 is 10.1 Å². The van der Waals surface area contributed by atoms with Gasteiger partial charge in [0.15, 0.2) is 0 Å². The maximum Gasteiger partial charge on any atom is 0.240 e. The molecule has 0 heterocycles. The molecule has 1 N–H and O–H groups in total. The summed E-state index contributed by atoms with van der Waals surface area (Å²) in [7, 11) is -3.67. The molecular formula is C24H25FN2O4S. The monoisotopic (exact) mass is 456 g/mol. The summed E-state index contributed by atoms with van der Waals surface area (Å²) >= 11 is 0. The first-order valence-electron chi connectivity index (χ1n) is 10.1. The number of nitrogens with one attached hydrogen (secondary N) is 1. The summed E-state index contributed by atoms with van der Waals surface area (Å²) in [6.45, 7) is 0.368. The number of benzene rings is 3. The Bertz CT molecular complexity index is 1120. The second-order valence-corrected chi connectivity index (χ2v) is 9.17. The molecule has 0 unspecified atom stereocenters. The second-order valence-electron chi connectivity index (χ2n) is 7.26. The highest BCUT2D eigenvalue weighted by Gasteiger charge is 2.20. The maximum absolute atomic E-state index is 13.0. The molecule has 8 heteroatoms. The number of amides is 1. The minimum atomic E-state index is -3.67. The Kier molecular flexibility index (Phi) is 7.83. The highest BCUT2D eigenvalue weighted by atomic mass is 32.2. The van der Waals surface area contributed by atoms with Crippen molar-refractivity contribution in [2.75, 3.05) is 23.7 Å². The van der Waals surface area contributed by atoms with Crippen LogP contribution in [0.1, 0.15) is 11.1 Å². The van der Waals surface area contributed by atoms with Gasteiger partial charge in [0, 0.05) is 6.54 Å². The highest BCUT2D eigenvalue weighted by Crippen LogP contribution is 2.22. The minimum absolute atomic E-state index is 0.314. The number of hydrogen-bond donors (Lipinski definition) is 1. The fraction of sp³-hybridized carbons (Fsp3) is 0.208. The molecule has 0 spiro atoms. The number of hydrogen-bond acceptors (Lipinski definition) is 4. The predicted molar refractivity (Wildman–Crippen MR) is 123 cm³/mol. The van der Waals surface area contributed by atoms with Crippen molar-refractivity contribution in [3.8, 4) is 5.75 Å². The smallest absolute Gasteiger partial charge is 0.240 e. The van der Waals surface area contributed by atoms with E-state index in [9.17, 15) is 17.6 Å². The molecule has 0 aliphatic heterocycles. The molecule has 3 aromatic rings. The molecule has 32 heavy (non-hydrogen) atoms. The topological polar surface area (TPSA) is 75.7 Å². The summed E-state index contributed by atoms with van der Waals surface area (Å²) in [5.74, 6) is -0.158. The maximum atomic E-state index is 13.0. The van der Waals surface area contributed by atoms with E-state index in [1.165, 1.54) is 12.1 Å².